The van der Waals surface area contributed by atoms with Crippen molar-refractivity contribution in [1.82, 2.24) is 0 Å². The van der Waals surface area contributed by atoms with Crippen LogP contribution in [0.1, 0.15) is 18.4 Å². The van der Waals surface area contributed by atoms with Crippen LogP contribution in [0.3, 0.4) is 0 Å². The SMILES string of the molecule is CCO/C(O)=C(/C(c1ccc(Cl)cc1)C(C#N)C(N)=S)[N+](=O)[O-]. The van der Waals surface area contributed by atoms with Crippen molar-refractivity contribution < 1.29 is 14.8 Å². The number of aliphatic hydroxyl groups is 1. The second-order valence-corrected chi connectivity index (χ2v) is 5.33. The Hall–Kier alpha value is -2.37. The summed E-state index contributed by atoms with van der Waals surface area (Å²) in [5.74, 6) is -3.28. The predicted molar refractivity (Wildman–Crippen MR) is 88.4 cm³/mol. The van der Waals surface area contributed by atoms with Gasteiger partial charge < -0.3 is 15.6 Å². The Morgan fingerprint density at radius 3 is 2.52 bits per heavy atom. The normalized spacial score (nSPS) is 14.1. The number of thiocarbonyl (C=S) groups is 1. The van der Waals surface area contributed by atoms with E-state index in [1.165, 1.54) is 24.3 Å². The summed E-state index contributed by atoms with van der Waals surface area (Å²) in [5.41, 5.74) is 5.21. The van der Waals surface area contributed by atoms with Gasteiger partial charge >= 0.3 is 11.6 Å². The van der Waals surface area contributed by atoms with Crippen LogP contribution in [0.4, 0.5) is 0 Å². The molecule has 0 saturated carbocycles. The topological polar surface area (TPSA) is 122 Å². The molecule has 23 heavy (non-hydrogen) atoms. The number of nitrogens with zero attached hydrogens (tertiary/aromatic N) is 2. The van der Waals surface area contributed by atoms with E-state index >= 15 is 0 Å². The predicted octanol–water partition coefficient (Wildman–Crippen LogP) is 2.89. The number of nitro groups is 1. The zero-order chi connectivity index (χ0) is 17.6. The quantitative estimate of drug-likeness (QED) is 0.333. The fourth-order valence-electron chi connectivity index (χ4n) is 2.02. The molecule has 0 aliphatic rings. The maximum absolute atomic E-state index is 11.4. The van der Waals surface area contributed by atoms with Gasteiger partial charge in [0.2, 0.25) is 0 Å². The minimum atomic E-state index is -1.20. The smallest absolute Gasteiger partial charge is 0.354 e. The number of aliphatic hydroxyl groups excluding tert-OH is 1. The Labute approximate surface area is 143 Å². The van der Waals surface area contributed by atoms with E-state index in [0.29, 0.717) is 10.6 Å². The number of rotatable bonds is 7. The standard InChI is InChI=1S/C14H14ClN3O4S/c1-2-22-14(19)12(18(20)21)11(10(7-16)13(17)23)8-3-5-9(15)6-4-8/h3-6,10-11,19H,2H2,1H3,(H2,17,23)/b14-12-. The van der Waals surface area contributed by atoms with Crippen molar-refractivity contribution in [2.75, 3.05) is 6.61 Å². The molecule has 2 unspecified atom stereocenters. The lowest BCUT2D eigenvalue weighted by molar-refractivity contribution is -0.436. The molecule has 0 heterocycles. The lowest BCUT2D eigenvalue weighted by Crippen LogP contribution is -2.30. The molecule has 0 aromatic heterocycles. The lowest BCUT2D eigenvalue weighted by Gasteiger charge is -2.19. The van der Waals surface area contributed by atoms with E-state index in [9.17, 15) is 20.5 Å². The van der Waals surface area contributed by atoms with Crippen LogP contribution < -0.4 is 5.73 Å². The molecule has 2 atom stereocenters. The summed E-state index contributed by atoms with van der Waals surface area (Å²) in [6, 6.07) is 7.85. The summed E-state index contributed by atoms with van der Waals surface area (Å²) < 4.78 is 4.84. The molecule has 0 fully saturated rings. The zero-order valence-corrected chi connectivity index (χ0v) is 13.7. The minimum Gasteiger partial charge on any atom is -0.476 e. The molecule has 1 aromatic rings. The maximum Gasteiger partial charge on any atom is 0.354 e. The summed E-state index contributed by atoms with van der Waals surface area (Å²) in [7, 11) is 0. The van der Waals surface area contributed by atoms with Crippen LogP contribution in [0.5, 0.6) is 0 Å². The Kier molecular flexibility index (Phi) is 6.75. The molecule has 0 bridgehead atoms. The first-order chi connectivity index (χ1) is 10.8. The van der Waals surface area contributed by atoms with E-state index in [1.54, 1.807) is 6.92 Å². The number of benzene rings is 1. The fourth-order valence-corrected chi connectivity index (χ4v) is 2.33. The van der Waals surface area contributed by atoms with Crippen LogP contribution >= 0.6 is 23.8 Å². The van der Waals surface area contributed by atoms with Crippen molar-refractivity contribution in [2.45, 2.75) is 12.8 Å². The number of halogens is 1. The highest BCUT2D eigenvalue weighted by Crippen LogP contribution is 2.35. The van der Waals surface area contributed by atoms with Gasteiger partial charge in [-0.2, -0.15) is 5.26 Å². The lowest BCUT2D eigenvalue weighted by atomic mass is 9.84. The van der Waals surface area contributed by atoms with Gasteiger partial charge in [0.1, 0.15) is 11.8 Å². The highest BCUT2D eigenvalue weighted by atomic mass is 35.5. The summed E-state index contributed by atoms with van der Waals surface area (Å²) >= 11 is 10.6. The van der Waals surface area contributed by atoms with Gasteiger partial charge in [-0.25, -0.2) is 0 Å². The molecule has 0 amide bonds. The summed E-state index contributed by atoms with van der Waals surface area (Å²) in [6.07, 6.45) is 0. The van der Waals surface area contributed by atoms with Crippen molar-refractivity contribution in [3.63, 3.8) is 0 Å². The first-order valence-electron chi connectivity index (χ1n) is 6.48. The molecule has 0 aliphatic heterocycles. The van der Waals surface area contributed by atoms with E-state index < -0.39 is 28.4 Å². The largest absolute Gasteiger partial charge is 0.476 e. The Morgan fingerprint density at radius 2 is 2.13 bits per heavy atom. The summed E-state index contributed by atoms with van der Waals surface area (Å²) in [4.78, 5) is 10.4. The molecular formula is C14H14ClN3O4S. The van der Waals surface area contributed by atoms with E-state index in [-0.39, 0.29) is 11.6 Å². The van der Waals surface area contributed by atoms with E-state index in [4.69, 9.17) is 34.3 Å². The van der Waals surface area contributed by atoms with Gasteiger partial charge in [-0.05, 0) is 24.6 Å². The highest BCUT2D eigenvalue weighted by Gasteiger charge is 2.40. The molecule has 7 nitrogen and oxygen atoms in total. The molecule has 0 spiro atoms. The minimum absolute atomic E-state index is 0.0147. The summed E-state index contributed by atoms with van der Waals surface area (Å²) in [6.45, 7) is 1.57. The zero-order valence-electron chi connectivity index (χ0n) is 12.1. The van der Waals surface area contributed by atoms with Gasteiger partial charge in [-0.3, -0.25) is 10.1 Å². The van der Waals surface area contributed by atoms with Crippen LogP contribution in [-0.4, -0.2) is 21.6 Å². The molecule has 0 saturated heterocycles. The maximum atomic E-state index is 11.4. The Balaban J connectivity index is 3.58. The van der Waals surface area contributed by atoms with Crippen LogP contribution in [0.25, 0.3) is 0 Å². The third kappa shape index (κ3) is 4.55. The van der Waals surface area contributed by atoms with Crippen LogP contribution in [0, 0.1) is 27.4 Å². The summed E-state index contributed by atoms with van der Waals surface area (Å²) in [5, 5.41) is 31.0. The van der Waals surface area contributed by atoms with Gasteiger partial charge in [-0.1, -0.05) is 36.0 Å². The molecule has 1 aromatic carbocycles. The van der Waals surface area contributed by atoms with Crippen molar-refractivity contribution in [2.24, 2.45) is 11.7 Å². The van der Waals surface area contributed by atoms with Crippen molar-refractivity contribution in [3.05, 3.63) is 56.6 Å². The van der Waals surface area contributed by atoms with Gasteiger partial charge in [0, 0.05) is 5.02 Å². The first kappa shape index (κ1) is 18.7. The molecule has 9 heteroatoms. The van der Waals surface area contributed by atoms with Crippen molar-refractivity contribution in [1.29, 1.82) is 5.26 Å². The average Bonchev–Trinajstić information content (AvgIpc) is 2.47. The fraction of sp³-hybridized carbons (Fsp3) is 0.286. The van der Waals surface area contributed by atoms with E-state index in [1.807, 2.05) is 6.07 Å². The number of allylic oxidation sites excluding steroid dienone is 1. The third-order valence-corrected chi connectivity index (χ3v) is 3.51. The first-order valence-corrected chi connectivity index (χ1v) is 7.26. The van der Waals surface area contributed by atoms with Crippen LogP contribution in [0.15, 0.2) is 35.9 Å². The van der Waals surface area contributed by atoms with Gasteiger partial charge in [0.15, 0.2) is 0 Å². The van der Waals surface area contributed by atoms with Gasteiger partial charge in [0.25, 0.3) is 0 Å². The monoisotopic (exact) mass is 355 g/mol. The second-order valence-electron chi connectivity index (χ2n) is 4.42. The molecular weight excluding hydrogens is 342 g/mol. The van der Waals surface area contributed by atoms with Gasteiger partial charge in [0.05, 0.1) is 22.6 Å². The van der Waals surface area contributed by atoms with E-state index in [2.05, 4.69) is 0 Å². The number of nitrogens with two attached hydrogens (primary N) is 1. The molecule has 0 aliphatic carbocycles. The van der Waals surface area contributed by atoms with Crippen molar-refractivity contribution in [3.8, 4) is 6.07 Å². The number of hydrogen-bond acceptors (Lipinski definition) is 6. The average molecular weight is 356 g/mol. The highest BCUT2D eigenvalue weighted by molar-refractivity contribution is 7.80. The number of nitriles is 1. The Morgan fingerprint density at radius 1 is 1.57 bits per heavy atom. The van der Waals surface area contributed by atoms with Crippen LogP contribution in [-0.2, 0) is 4.74 Å². The van der Waals surface area contributed by atoms with Crippen LogP contribution in [0.2, 0.25) is 5.02 Å². The molecule has 122 valence electrons. The van der Waals surface area contributed by atoms with E-state index in [0.717, 1.165) is 0 Å². The number of ether oxygens (including phenoxy) is 1. The molecule has 1 rings (SSSR count). The molecule has 0 radical (unpaired) electrons. The Bertz CT molecular complexity index is 670. The second kappa shape index (κ2) is 8.31. The third-order valence-electron chi connectivity index (χ3n) is 3.00. The van der Waals surface area contributed by atoms with Crippen molar-refractivity contribution >= 4 is 28.8 Å². The molecule has 3 N–H and O–H groups in total. The van der Waals surface area contributed by atoms with Gasteiger partial charge in [-0.15, -0.1) is 0 Å². The number of hydrogen-bond donors (Lipinski definition) is 2.